The Kier molecular flexibility index (Phi) is 4.52. The Bertz CT molecular complexity index is 816. The Labute approximate surface area is 142 Å². The van der Waals surface area contributed by atoms with Crippen LogP contribution >= 0.6 is 15.9 Å². The molecule has 0 saturated heterocycles. The van der Waals surface area contributed by atoms with Crippen LogP contribution in [-0.4, -0.2) is 20.9 Å². The fraction of sp³-hybridized carbons (Fsp3) is 0.118. The molecule has 1 heterocycles. The Morgan fingerprint density at radius 1 is 1.17 bits per heavy atom. The first-order valence-electron chi connectivity index (χ1n) is 7.17. The van der Waals surface area contributed by atoms with E-state index in [0.29, 0.717) is 0 Å². The summed E-state index contributed by atoms with van der Waals surface area (Å²) in [4.78, 5) is 12.3. The fourth-order valence-electron chi connectivity index (χ4n) is 2.21. The fourth-order valence-corrected chi connectivity index (χ4v) is 2.60. The van der Waals surface area contributed by atoms with E-state index in [4.69, 9.17) is 0 Å². The average Bonchev–Trinajstić information content (AvgIpc) is 3.06. The number of carbonyl (C=O) groups excluding carboxylic acids is 1. The summed E-state index contributed by atoms with van der Waals surface area (Å²) in [6.45, 7) is 1.94. The zero-order valence-electron chi connectivity index (χ0n) is 12.5. The molecule has 5 nitrogen and oxygen atoms in total. The SMILES string of the molecule is CC(NC(=O)c1cn(-c2cccc(Br)c2)nn1)c1ccccc1. The van der Waals surface area contributed by atoms with E-state index in [2.05, 4.69) is 31.6 Å². The highest BCUT2D eigenvalue weighted by molar-refractivity contribution is 9.10. The minimum atomic E-state index is -0.248. The maximum Gasteiger partial charge on any atom is 0.273 e. The quantitative estimate of drug-likeness (QED) is 0.764. The summed E-state index contributed by atoms with van der Waals surface area (Å²) in [5, 5.41) is 10.9. The van der Waals surface area contributed by atoms with Crippen molar-refractivity contribution in [2.75, 3.05) is 0 Å². The van der Waals surface area contributed by atoms with E-state index in [1.165, 1.54) is 0 Å². The van der Waals surface area contributed by atoms with Crippen molar-refractivity contribution in [3.05, 3.63) is 76.5 Å². The number of benzene rings is 2. The van der Waals surface area contributed by atoms with Crippen molar-refractivity contribution < 1.29 is 4.79 Å². The number of amides is 1. The minimum Gasteiger partial charge on any atom is -0.344 e. The molecule has 2 aromatic carbocycles. The molecular formula is C17H15BrN4O. The van der Waals surface area contributed by atoms with Crippen LogP contribution in [0.25, 0.3) is 5.69 Å². The van der Waals surface area contributed by atoms with E-state index in [9.17, 15) is 4.79 Å². The number of nitrogens with one attached hydrogen (secondary N) is 1. The molecule has 116 valence electrons. The lowest BCUT2D eigenvalue weighted by Gasteiger charge is -2.12. The largest absolute Gasteiger partial charge is 0.344 e. The smallest absolute Gasteiger partial charge is 0.273 e. The van der Waals surface area contributed by atoms with Gasteiger partial charge in [-0.2, -0.15) is 0 Å². The van der Waals surface area contributed by atoms with Gasteiger partial charge >= 0.3 is 0 Å². The Morgan fingerprint density at radius 3 is 2.70 bits per heavy atom. The van der Waals surface area contributed by atoms with Gasteiger partial charge in [-0.3, -0.25) is 4.79 Å². The summed E-state index contributed by atoms with van der Waals surface area (Å²) in [6, 6.07) is 17.3. The highest BCUT2D eigenvalue weighted by Crippen LogP contribution is 2.15. The highest BCUT2D eigenvalue weighted by atomic mass is 79.9. The first-order chi connectivity index (χ1) is 11.1. The molecule has 0 aliphatic rings. The van der Waals surface area contributed by atoms with Gasteiger partial charge in [-0.1, -0.05) is 57.5 Å². The number of hydrogen-bond acceptors (Lipinski definition) is 3. The Hall–Kier alpha value is -2.47. The van der Waals surface area contributed by atoms with E-state index in [0.717, 1.165) is 15.7 Å². The van der Waals surface area contributed by atoms with Gasteiger partial charge in [0, 0.05) is 4.47 Å². The lowest BCUT2D eigenvalue weighted by atomic mass is 10.1. The van der Waals surface area contributed by atoms with Crippen LogP contribution in [0.2, 0.25) is 0 Å². The van der Waals surface area contributed by atoms with Crippen molar-refractivity contribution in [3.8, 4) is 5.69 Å². The molecule has 0 aliphatic carbocycles. The van der Waals surface area contributed by atoms with Gasteiger partial charge in [-0.15, -0.1) is 5.10 Å². The molecular weight excluding hydrogens is 356 g/mol. The molecule has 6 heteroatoms. The summed E-state index contributed by atoms with van der Waals surface area (Å²) in [6.07, 6.45) is 1.62. The van der Waals surface area contributed by atoms with E-state index in [1.54, 1.807) is 10.9 Å². The standard InChI is InChI=1S/C17H15BrN4O/c1-12(13-6-3-2-4-7-13)19-17(23)16-11-22(21-20-16)15-9-5-8-14(18)10-15/h2-12H,1H3,(H,19,23). The van der Waals surface area contributed by atoms with Crippen LogP contribution in [0.15, 0.2) is 65.3 Å². The average molecular weight is 371 g/mol. The molecule has 3 rings (SSSR count). The molecule has 1 unspecified atom stereocenters. The maximum atomic E-state index is 12.3. The Balaban J connectivity index is 1.74. The molecule has 3 aromatic rings. The monoisotopic (exact) mass is 370 g/mol. The summed E-state index contributed by atoms with van der Waals surface area (Å²) >= 11 is 3.41. The molecule has 0 radical (unpaired) electrons. The molecule has 0 bridgehead atoms. The molecule has 0 aliphatic heterocycles. The molecule has 1 amide bonds. The van der Waals surface area contributed by atoms with Crippen LogP contribution in [0.3, 0.4) is 0 Å². The van der Waals surface area contributed by atoms with Gasteiger partial charge in [0.25, 0.3) is 5.91 Å². The van der Waals surface area contributed by atoms with Crippen LogP contribution in [0.5, 0.6) is 0 Å². The molecule has 0 saturated carbocycles. The Morgan fingerprint density at radius 2 is 1.96 bits per heavy atom. The third-order valence-corrected chi connectivity index (χ3v) is 3.94. The van der Waals surface area contributed by atoms with E-state index in [1.807, 2.05) is 61.5 Å². The van der Waals surface area contributed by atoms with Crippen LogP contribution in [0.1, 0.15) is 29.0 Å². The predicted octanol–water partition coefficient (Wildman–Crippen LogP) is 3.52. The van der Waals surface area contributed by atoms with E-state index >= 15 is 0 Å². The maximum absolute atomic E-state index is 12.3. The van der Waals surface area contributed by atoms with Gasteiger partial charge in [-0.05, 0) is 30.7 Å². The molecule has 0 fully saturated rings. The van der Waals surface area contributed by atoms with Crippen molar-refractivity contribution in [1.82, 2.24) is 20.3 Å². The second-order valence-corrected chi connectivity index (χ2v) is 6.05. The summed E-state index contributed by atoms with van der Waals surface area (Å²) in [5.41, 5.74) is 2.16. The molecule has 0 spiro atoms. The van der Waals surface area contributed by atoms with Gasteiger partial charge < -0.3 is 5.32 Å². The van der Waals surface area contributed by atoms with Crippen LogP contribution in [-0.2, 0) is 0 Å². The predicted molar refractivity (Wildman–Crippen MR) is 91.4 cm³/mol. The second kappa shape index (κ2) is 6.75. The number of aromatic nitrogens is 3. The third-order valence-electron chi connectivity index (χ3n) is 3.45. The van der Waals surface area contributed by atoms with Crippen LogP contribution in [0, 0.1) is 0 Å². The highest BCUT2D eigenvalue weighted by Gasteiger charge is 2.15. The zero-order valence-corrected chi connectivity index (χ0v) is 14.1. The first kappa shape index (κ1) is 15.4. The topological polar surface area (TPSA) is 59.8 Å². The van der Waals surface area contributed by atoms with Crippen molar-refractivity contribution in [1.29, 1.82) is 0 Å². The lowest BCUT2D eigenvalue weighted by molar-refractivity contribution is 0.0935. The molecule has 1 aromatic heterocycles. The third kappa shape index (κ3) is 3.65. The lowest BCUT2D eigenvalue weighted by Crippen LogP contribution is -2.26. The van der Waals surface area contributed by atoms with Crippen LogP contribution < -0.4 is 5.32 Å². The molecule has 1 atom stereocenters. The van der Waals surface area contributed by atoms with Crippen molar-refractivity contribution in [3.63, 3.8) is 0 Å². The number of hydrogen-bond donors (Lipinski definition) is 1. The van der Waals surface area contributed by atoms with Gasteiger partial charge in [0.1, 0.15) is 0 Å². The van der Waals surface area contributed by atoms with Gasteiger partial charge in [0.15, 0.2) is 5.69 Å². The zero-order chi connectivity index (χ0) is 16.2. The summed E-state index contributed by atoms with van der Waals surface area (Å²) in [5.74, 6) is -0.248. The summed E-state index contributed by atoms with van der Waals surface area (Å²) < 4.78 is 2.52. The van der Waals surface area contributed by atoms with Crippen LogP contribution in [0.4, 0.5) is 0 Å². The minimum absolute atomic E-state index is 0.0975. The van der Waals surface area contributed by atoms with Gasteiger partial charge in [0.05, 0.1) is 17.9 Å². The number of halogens is 1. The number of rotatable bonds is 4. The molecule has 23 heavy (non-hydrogen) atoms. The number of carbonyl (C=O) groups is 1. The van der Waals surface area contributed by atoms with Crippen molar-refractivity contribution in [2.24, 2.45) is 0 Å². The summed E-state index contributed by atoms with van der Waals surface area (Å²) in [7, 11) is 0. The first-order valence-corrected chi connectivity index (χ1v) is 7.97. The van der Waals surface area contributed by atoms with Gasteiger partial charge in [-0.25, -0.2) is 4.68 Å². The van der Waals surface area contributed by atoms with E-state index in [-0.39, 0.29) is 17.6 Å². The van der Waals surface area contributed by atoms with Crippen molar-refractivity contribution in [2.45, 2.75) is 13.0 Å². The van der Waals surface area contributed by atoms with E-state index < -0.39 is 0 Å². The van der Waals surface area contributed by atoms with Crippen molar-refractivity contribution >= 4 is 21.8 Å². The second-order valence-electron chi connectivity index (χ2n) is 5.13. The van der Waals surface area contributed by atoms with Gasteiger partial charge in [0.2, 0.25) is 0 Å². The normalized spacial score (nSPS) is 11.9. The molecule has 1 N–H and O–H groups in total. The number of nitrogens with zero attached hydrogens (tertiary/aromatic N) is 3.